The van der Waals surface area contributed by atoms with Gasteiger partial charge in [0.15, 0.2) is 0 Å². The van der Waals surface area contributed by atoms with Gasteiger partial charge in [-0.25, -0.2) is 0 Å². The van der Waals surface area contributed by atoms with Gasteiger partial charge < -0.3 is 9.84 Å². The number of carboxylic acids is 1. The van der Waals surface area contributed by atoms with Crippen LogP contribution in [0.4, 0.5) is 0 Å². The largest absolute Gasteiger partial charge is 0.481 e. The number of aliphatic carboxylic acids is 1. The molecule has 0 bridgehead atoms. The summed E-state index contributed by atoms with van der Waals surface area (Å²) in [5.74, 6) is -1.44. The van der Waals surface area contributed by atoms with Gasteiger partial charge in [-0.15, -0.1) is 0 Å². The highest BCUT2D eigenvalue weighted by Gasteiger charge is 2.32. The summed E-state index contributed by atoms with van der Waals surface area (Å²) >= 11 is 0. The smallest absolute Gasteiger partial charge is 0.323 e. The number of carbonyl (C=O) groups is 2. The topological polar surface area (TPSA) is 66.8 Å². The van der Waals surface area contributed by atoms with Gasteiger partial charge in [0.05, 0.1) is 5.92 Å². The third-order valence-electron chi connectivity index (χ3n) is 3.10. The highest BCUT2D eigenvalue weighted by atomic mass is 16.6. The van der Waals surface area contributed by atoms with E-state index in [1.807, 2.05) is 25.7 Å². The quantitative estimate of drug-likeness (QED) is 0.776. The minimum absolute atomic E-state index is 0.284. The van der Waals surface area contributed by atoms with E-state index in [1.165, 1.54) is 0 Å². The Morgan fingerprint density at radius 1 is 1.39 bits per heavy atom. The van der Waals surface area contributed by atoms with E-state index in [0.29, 0.717) is 13.0 Å². The molecule has 18 heavy (non-hydrogen) atoms. The van der Waals surface area contributed by atoms with Gasteiger partial charge in [0.1, 0.15) is 11.6 Å². The summed E-state index contributed by atoms with van der Waals surface area (Å²) in [4.78, 5) is 24.8. The van der Waals surface area contributed by atoms with Gasteiger partial charge in [0.25, 0.3) is 0 Å². The van der Waals surface area contributed by atoms with Crippen LogP contribution in [-0.4, -0.2) is 46.7 Å². The Bertz CT molecular complexity index is 321. The summed E-state index contributed by atoms with van der Waals surface area (Å²) in [5, 5.41) is 9.02. The fourth-order valence-electron chi connectivity index (χ4n) is 2.10. The highest BCUT2D eigenvalue weighted by molar-refractivity contribution is 5.76. The van der Waals surface area contributed by atoms with Gasteiger partial charge in [-0.3, -0.25) is 14.5 Å². The van der Waals surface area contributed by atoms with Crippen molar-refractivity contribution in [2.75, 3.05) is 13.1 Å². The Kier molecular flexibility index (Phi) is 4.73. The zero-order valence-corrected chi connectivity index (χ0v) is 11.6. The van der Waals surface area contributed by atoms with E-state index in [9.17, 15) is 9.59 Å². The van der Waals surface area contributed by atoms with Gasteiger partial charge in [0.2, 0.25) is 0 Å². The van der Waals surface area contributed by atoms with Crippen molar-refractivity contribution in [2.45, 2.75) is 52.2 Å². The lowest BCUT2D eigenvalue weighted by molar-refractivity contribution is -0.162. The molecular formula is C13H23NO4. The molecule has 1 saturated heterocycles. The van der Waals surface area contributed by atoms with E-state index in [4.69, 9.17) is 9.84 Å². The molecule has 2 atom stereocenters. The van der Waals surface area contributed by atoms with Crippen LogP contribution >= 0.6 is 0 Å². The first-order valence-corrected chi connectivity index (χ1v) is 6.40. The van der Waals surface area contributed by atoms with E-state index < -0.39 is 11.6 Å². The summed E-state index contributed by atoms with van der Waals surface area (Å²) in [7, 11) is 0. The van der Waals surface area contributed by atoms with Crippen molar-refractivity contribution in [1.82, 2.24) is 4.90 Å². The number of nitrogens with zero attached hydrogens (tertiary/aromatic N) is 1. The van der Waals surface area contributed by atoms with E-state index in [0.717, 1.165) is 13.0 Å². The van der Waals surface area contributed by atoms with Gasteiger partial charge in [-0.2, -0.15) is 0 Å². The summed E-state index contributed by atoms with van der Waals surface area (Å²) in [6.07, 6.45) is 1.50. The van der Waals surface area contributed by atoms with E-state index in [1.54, 1.807) is 6.92 Å². The Morgan fingerprint density at radius 3 is 2.50 bits per heavy atom. The molecule has 0 aromatic rings. The minimum atomic E-state index is -0.781. The molecule has 0 aromatic heterocycles. The number of ether oxygens (including phenoxy) is 1. The second-order valence-corrected chi connectivity index (χ2v) is 5.88. The molecule has 0 spiro atoms. The average Bonchev–Trinajstić information content (AvgIpc) is 2.26. The van der Waals surface area contributed by atoms with Crippen LogP contribution in [0.15, 0.2) is 0 Å². The van der Waals surface area contributed by atoms with Crippen LogP contribution in [0, 0.1) is 5.92 Å². The number of carboxylic acid groups (broad SMARTS) is 1. The zero-order chi connectivity index (χ0) is 13.9. The van der Waals surface area contributed by atoms with Gasteiger partial charge in [0, 0.05) is 6.54 Å². The number of hydrogen-bond donors (Lipinski definition) is 1. The molecule has 0 radical (unpaired) electrons. The Morgan fingerprint density at radius 2 is 2.00 bits per heavy atom. The van der Waals surface area contributed by atoms with Crippen LogP contribution in [0.2, 0.25) is 0 Å². The van der Waals surface area contributed by atoms with Crippen molar-refractivity contribution in [3.05, 3.63) is 0 Å². The molecule has 1 heterocycles. The molecule has 0 aromatic carbocycles. The predicted molar refractivity (Wildman–Crippen MR) is 67.2 cm³/mol. The molecule has 0 amide bonds. The SMILES string of the molecule is CC(C(=O)OC(C)(C)C)N1CCC[C@@H](C(=O)O)C1. The van der Waals surface area contributed by atoms with Crippen LogP contribution in [0.5, 0.6) is 0 Å². The number of likely N-dealkylation sites (tertiary alicyclic amines) is 1. The lowest BCUT2D eigenvalue weighted by Gasteiger charge is -2.35. The summed E-state index contributed by atoms with van der Waals surface area (Å²) in [5.41, 5.74) is -0.507. The molecule has 1 aliphatic rings. The molecule has 1 N–H and O–H groups in total. The van der Waals surface area contributed by atoms with Crippen molar-refractivity contribution in [3.63, 3.8) is 0 Å². The maximum atomic E-state index is 11.9. The maximum absolute atomic E-state index is 11.9. The molecule has 0 aliphatic carbocycles. The standard InChI is InChI=1S/C13H23NO4/c1-9(12(17)18-13(2,3)4)14-7-5-6-10(8-14)11(15)16/h9-10H,5-8H2,1-4H3,(H,15,16)/t9?,10-/m1/s1. The second-order valence-electron chi connectivity index (χ2n) is 5.88. The molecule has 104 valence electrons. The van der Waals surface area contributed by atoms with Crippen LogP contribution in [-0.2, 0) is 14.3 Å². The molecule has 1 fully saturated rings. The maximum Gasteiger partial charge on any atom is 0.323 e. The third kappa shape index (κ3) is 4.29. The predicted octanol–water partition coefficient (Wildman–Crippen LogP) is 1.51. The van der Waals surface area contributed by atoms with E-state index >= 15 is 0 Å². The first-order valence-electron chi connectivity index (χ1n) is 6.40. The van der Waals surface area contributed by atoms with Crippen molar-refractivity contribution in [2.24, 2.45) is 5.92 Å². The Hall–Kier alpha value is -1.10. The van der Waals surface area contributed by atoms with Gasteiger partial charge in [-0.05, 0) is 47.1 Å². The van der Waals surface area contributed by atoms with Gasteiger partial charge >= 0.3 is 11.9 Å². The second kappa shape index (κ2) is 5.69. The zero-order valence-electron chi connectivity index (χ0n) is 11.6. The normalized spacial score (nSPS) is 23.4. The third-order valence-corrected chi connectivity index (χ3v) is 3.10. The molecular weight excluding hydrogens is 234 g/mol. The summed E-state index contributed by atoms with van der Waals surface area (Å²) in [6.45, 7) is 8.44. The van der Waals surface area contributed by atoms with Crippen molar-refractivity contribution in [3.8, 4) is 0 Å². The minimum Gasteiger partial charge on any atom is -0.481 e. The monoisotopic (exact) mass is 257 g/mol. The highest BCUT2D eigenvalue weighted by Crippen LogP contribution is 2.20. The van der Waals surface area contributed by atoms with Crippen LogP contribution in [0.3, 0.4) is 0 Å². The van der Waals surface area contributed by atoms with Gasteiger partial charge in [-0.1, -0.05) is 0 Å². The molecule has 0 saturated carbocycles. The number of piperidine rings is 1. The summed E-state index contributed by atoms with van der Waals surface area (Å²) in [6, 6.07) is -0.383. The summed E-state index contributed by atoms with van der Waals surface area (Å²) < 4.78 is 5.32. The molecule has 1 rings (SSSR count). The van der Waals surface area contributed by atoms with E-state index in [2.05, 4.69) is 0 Å². The average molecular weight is 257 g/mol. The number of rotatable bonds is 3. The lowest BCUT2D eigenvalue weighted by atomic mass is 9.97. The van der Waals surface area contributed by atoms with Crippen molar-refractivity contribution < 1.29 is 19.4 Å². The fraction of sp³-hybridized carbons (Fsp3) is 0.846. The Balaban J connectivity index is 2.58. The first kappa shape index (κ1) is 15.0. The lowest BCUT2D eigenvalue weighted by Crippen LogP contribution is -2.48. The van der Waals surface area contributed by atoms with Crippen molar-refractivity contribution >= 4 is 11.9 Å². The first-order chi connectivity index (χ1) is 8.20. The number of esters is 1. The molecule has 1 unspecified atom stereocenters. The molecule has 5 nitrogen and oxygen atoms in total. The number of carbonyl (C=O) groups excluding carboxylic acids is 1. The van der Waals surface area contributed by atoms with Crippen LogP contribution < -0.4 is 0 Å². The fourth-order valence-corrected chi connectivity index (χ4v) is 2.10. The molecule has 5 heteroatoms. The number of hydrogen-bond acceptors (Lipinski definition) is 4. The van der Waals surface area contributed by atoms with Crippen molar-refractivity contribution in [1.29, 1.82) is 0 Å². The molecule has 1 aliphatic heterocycles. The Labute approximate surface area is 108 Å². The van der Waals surface area contributed by atoms with Crippen LogP contribution in [0.1, 0.15) is 40.5 Å². The van der Waals surface area contributed by atoms with Crippen LogP contribution in [0.25, 0.3) is 0 Å². The van der Waals surface area contributed by atoms with E-state index in [-0.39, 0.29) is 17.9 Å².